The molecule has 2 heterocycles. The number of ether oxygens (including phenoxy) is 1. The highest BCUT2D eigenvalue weighted by molar-refractivity contribution is 7.59. The van der Waals surface area contributed by atoms with Gasteiger partial charge >= 0.3 is 6.09 Å². The van der Waals surface area contributed by atoms with Crippen molar-refractivity contribution in [1.29, 1.82) is 0 Å². The molecule has 0 saturated carbocycles. The molecule has 3 aromatic carbocycles. The zero-order valence-electron chi connectivity index (χ0n) is 27.9. The summed E-state index contributed by atoms with van der Waals surface area (Å²) < 4.78 is 21.4. The Morgan fingerprint density at radius 3 is 2.21 bits per heavy atom. The van der Waals surface area contributed by atoms with E-state index >= 15 is 0 Å². The summed E-state index contributed by atoms with van der Waals surface area (Å²) in [6, 6.07) is 20.5. The topological polar surface area (TPSA) is 118 Å². The first-order chi connectivity index (χ1) is 22.4. The SMILES string of the molecule is CCC(=O)Nc1ccc(C[C@H](NC(=O)OC(C)(C)C)C(=O)N2CCn3c(nc(-c4ccc(F)cc4)c3Nc3ccc(C)cc3)C2)cc1.S. The molecule has 0 bridgehead atoms. The molecule has 1 atom stereocenters. The van der Waals surface area contributed by atoms with E-state index in [1.165, 1.54) is 12.1 Å². The number of carbonyl (C=O) groups excluding carboxylic acids is 3. The van der Waals surface area contributed by atoms with Gasteiger partial charge in [0, 0.05) is 42.9 Å². The molecule has 5 rings (SSSR count). The minimum absolute atomic E-state index is 0. The van der Waals surface area contributed by atoms with Gasteiger partial charge in [0.05, 0.1) is 6.54 Å². The molecule has 0 unspecified atom stereocenters. The molecule has 0 saturated heterocycles. The van der Waals surface area contributed by atoms with Crippen molar-refractivity contribution in [3.8, 4) is 11.3 Å². The summed E-state index contributed by atoms with van der Waals surface area (Å²) in [6.45, 7) is 10.1. The van der Waals surface area contributed by atoms with Crippen molar-refractivity contribution in [2.75, 3.05) is 17.2 Å². The molecule has 1 aromatic heterocycles. The monoisotopic (exact) mass is 674 g/mol. The number of benzene rings is 3. The highest BCUT2D eigenvalue weighted by Gasteiger charge is 2.32. The molecule has 0 spiro atoms. The van der Waals surface area contributed by atoms with E-state index in [2.05, 4.69) is 16.0 Å². The Hall–Kier alpha value is -4.84. The van der Waals surface area contributed by atoms with Gasteiger partial charge in [-0.05, 0) is 81.8 Å². The zero-order chi connectivity index (χ0) is 33.7. The lowest BCUT2D eigenvalue weighted by Crippen LogP contribution is -2.52. The first kappa shape index (κ1) is 36.0. The highest BCUT2D eigenvalue weighted by Crippen LogP contribution is 2.33. The Labute approximate surface area is 287 Å². The number of hydrogen-bond acceptors (Lipinski definition) is 6. The highest BCUT2D eigenvalue weighted by atomic mass is 32.1. The molecule has 254 valence electrons. The summed E-state index contributed by atoms with van der Waals surface area (Å²) in [5, 5.41) is 9.09. The molecule has 3 amide bonds. The van der Waals surface area contributed by atoms with Crippen molar-refractivity contribution in [2.24, 2.45) is 0 Å². The molecular weight excluding hydrogens is 631 g/mol. The Bertz CT molecular complexity index is 1730. The van der Waals surface area contributed by atoms with E-state index in [0.29, 0.717) is 36.7 Å². The molecule has 48 heavy (non-hydrogen) atoms. The van der Waals surface area contributed by atoms with Gasteiger partial charge in [-0.25, -0.2) is 14.2 Å². The van der Waals surface area contributed by atoms with Gasteiger partial charge in [-0.1, -0.05) is 36.8 Å². The Kier molecular flexibility index (Phi) is 11.5. The van der Waals surface area contributed by atoms with E-state index in [1.807, 2.05) is 47.9 Å². The summed E-state index contributed by atoms with van der Waals surface area (Å²) in [5.74, 6) is 0.698. The molecule has 3 N–H and O–H groups in total. The minimum Gasteiger partial charge on any atom is -0.444 e. The van der Waals surface area contributed by atoms with Crippen molar-refractivity contribution in [2.45, 2.75) is 72.2 Å². The van der Waals surface area contributed by atoms with Crippen LogP contribution in [0.15, 0.2) is 72.8 Å². The summed E-state index contributed by atoms with van der Waals surface area (Å²) in [5.41, 5.74) is 4.10. The van der Waals surface area contributed by atoms with Crippen LogP contribution in [-0.2, 0) is 33.8 Å². The van der Waals surface area contributed by atoms with Gasteiger partial charge in [0.1, 0.15) is 34.8 Å². The van der Waals surface area contributed by atoms with E-state index in [4.69, 9.17) is 9.72 Å². The van der Waals surface area contributed by atoms with Gasteiger partial charge in [-0.15, -0.1) is 0 Å². The first-order valence-electron chi connectivity index (χ1n) is 15.7. The molecule has 0 radical (unpaired) electrons. The molecule has 12 heteroatoms. The van der Waals surface area contributed by atoms with Gasteiger partial charge in [0.2, 0.25) is 11.8 Å². The van der Waals surface area contributed by atoms with Crippen molar-refractivity contribution < 1.29 is 23.5 Å². The van der Waals surface area contributed by atoms with Crippen LogP contribution in [0.2, 0.25) is 0 Å². The van der Waals surface area contributed by atoms with Crippen LogP contribution in [0.3, 0.4) is 0 Å². The number of halogens is 1. The van der Waals surface area contributed by atoms with Crippen LogP contribution < -0.4 is 16.0 Å². The number of rotatable bonds is 9. The van der Waals surface area contributed by atoms with Crippen molar-refractivity contribution in [1.82, 2.24) is 19.8 Å². The Balaban J connectivity index is 0.00000520. The van der Waals surface area contributed by atoms with Crippen molar-refractivity contribution >= 4 is 48.6 Å². The maximum Gasteiger partial charge on any atom is 0.408 e. The van der Waals surface area contributed by atoms with Crippen molar-refractivity contribution in [3.63, 3.8) is 0 Å². The smallest absolute Gasteiger partial charge is 0.408 e. The van der Waals surface area contributed by atoms with Gasteiger partial charge in [0.15, 0.2) is 0 Å². The predicted molar refractivity (Wildman–Crippen MR) is 190 cm³/mol. The van der Waals surface area contributed by atoms with Crippen molar-refractivity contribution in [3.05, 3.63) is 95.6 Å². The minimum atomic E-state index is -0.913. The zero-order valence-corrected chi connectivity index (χ0v) is 28.9. The van der Waals surface area contributed by atoms with Crippen LogP contribution in [0.1, 0.15) is 51.1 Å². The second-order valence-corrected chi connectivity index (χ2v) is 12.6. The number of aryl methyl sites for hydroxylation is 1. The number of anilines is 3. The standard InChI is InChI=1S/C36H41FN6O4.H2S/c1-6-31(44)38-27-17-9-24(10-18-27)21-29(40-35(46)47-36(3,4)5)34(45)42-19-20-43-30(22-42)41-32(25-11-13-26(37)14-12-25)33(43)39-28-15-7-23(2)8-16-28;/h7-18,29,39H,6,19-22H2,1-5H3,(H,38,44)(H,40,46);1H2/t29-;/m0./s1. The predicted octanol–water partition coefficient (Wildman–Crippen LogP) is 6.68. The fourth-order valence-electron chi connectivity index (χ4n) is 5.31. The maximum atomic E-state index is 14.1. The number of fused-ring (bicyclic) bond motifs is 1. The fourth-order valence-corrected chi connectivity index (χ4v) is 5.31. The lowest BCUT2D eigenvalue weighted by molar-refractivity contribution is -0.135. The Morgan fingerprint density at radius 1 is 0.938 bits per heavy atom. The van der Waals surface area contributed by atoms with Crippen LogP contribution >= 0.6 is 13.5 Å². The third kappa shape index (κ3) is 9.15. The molecular formula is C36H43FN6O4S. The number of aromatic nitrogens is 2. The van der Waals surface area contributed by atoms with Gasteiger partial charge < -0.3 is 30.2 Å². The number of hydrogen-bond donors (Lipinski definition) is 3. The third-order valence-corrected chi connectivity index (χ3v) is 7.70. The normalized spacial score (nSPS) is 13.1. The summed E-state index contributed by atoms with van der Waals surface area (Å²) >= 11 is 0. The second kappa shape index (κ2) is 15.4. The van der Waals surface area contributed by atoms with E-state index < -0.39 is 17.7 Å². The number of carbonyl (C=O) groups is 3. The van der Waals surface area contributed by atoms with Gasteiger partial charge in [0.25, 0.3) is 0 Å². The molecule has 4 aromatic rings. The quantitative estimate of drug-likeness (QED) is 0.182. The summed E-state index contributed by atoms with van der Waals surface area (Å²) in [7, 11) is 0. The number of nitrogens with zero attached hydrogens (tertiary/aromatic N) is 3. The van der Waals surface area contributed by atoms with E-state index in [0.717, 1.165) is 28.2 Å². The number of alkyl carbamates (subject to hydrolysis) is 1. The summed E-state index contributed by atoms with van der Waals surface area (Å²) in [4.78, 5) is 45.4. The van der Waals surface area contributed by atoms with E-state index in [9.17, 15) is 18.8 Å². The lowest BCUT2D eigenvalue weighted by atomic mass is 10.0. The van der Waals surface area contributed by atoms with Crippen LogP contribution in [0, 0.1) is 12.7 Å². The van der Waals surface area contributed by atoms with Crippen LogP contribution in [0.5, 0.6) is 0 Å². The molecule has 1 aliphatic heterocycles. The maximum absolute atomic E-state index is 14.1. The van der Waals surface area contributed by atoms with Gasteiger partial charge in [-0.2, -0.15) is 13.5 Å². The first-order valence-corrected chi connectivity index (χ1v) is 15.7. The number of imidazole rings is 1. The third-order valence-electron chi connectivity index (χ3n) is 7.70. The molecule has 0 aliphatic carbocycles. The summed E-state index contributed by atoms with van der Waals surface area (Å²) in [6.07, 6.45) is -0.114. The van der Waals surface area contributed by atoms with Crippen LogP contribution in [0.25, 0.3) is 11.3 Å². The average Bonchev–Trinajstić information content (AvgIpc) is 3.39. The largest absolute Gasteiger partial charge is 0.444 e. The lowest BCUT2D eigenvalue weighted by Gasteiger charge is -2.32. The number of amides is 3. The molecule has 1 aliphatic rings. The molecule has 0 fully saturated rings. The van der Waals surface area contributed by atoms with Crippen LogP contribution in [0.4, 0.5) is 26.4 Å². The Morgan fingerprint density at radius 2 is 1.58 bits per heavy atom. The van der Waals surface area contributed by atoms with Crippen LogP contribution in [-0.4, -0.2) is 50.5 Å². The van der Waals surface area contributed by atoms with Gasteiger partial charge in [-0.3, -0.25) is 9.59 Å². The molecule has 10 nitrogen and oxygen atoms in total. The number of nitrogens with one attached hydrogen (secondary N) is 3. The second-order valence-electron chi connectivity index (χ2n) is 12.6. The van der Waals surface area contributed by atoms with E-state index in [-0.39, 0.29) is 44.1 Å². The van der Waals surface area contributed by atoms with E-state index in [1.54, 1.807) is 56.9 Å². The average molecular weight is 675 g/mol. The fraction of sp³-hybridized carbons (Fsp3) is 0.333.